The maximum Gasteiger partial charge on any atom is 0.304 e. The number of aliphatic carboxylic acids is 1. The van der Waals surface area contributed by atoms with Crippen LogP contribution >= 0.6 is 35.0 Å². The molecular formula is C11H13Cl2NO2S. The first-order valence-electron chi connectivity index (χ1n) is 5.10. The summed E-state index contributed by atoms with van der Waals surface area (Å²) >= 11 is 13.5. The molecule has 1 rings (SSSR count). The van der Waals surface area contributed by atoms with Crippen molar-refractivity contribution in [3.63, 3.8) is 0 Å². The highest BCUT2D eigenvalue weighted by Crippen LogP contribution is 2.29. The molecule has 0 unspecified atom stereocenters. The normalized spacial score (nSPS) is 10.5. The number of rotatable bonds is 7. The van der Waals surface area contributed by atoms with E-state index in [-0.39, 0.29) is 6.42 Å². The minimum absolute atomic E-state index is 0.141. The number of benzene rings is 1. The number of nitrogens with one attached hydrogen (secondary N) is 1. The Morgan fingerprint density at radius 1 is 1.35 bits per heavy atom. The maximum absolute atomic E-state index is 10.3. The Morgan fingerprint density at radius 3 is 2.82 bits per heavy atom. The van der Waals surface area contributed by atoms with Crippen LogP contribution in [0.2, 0.25) is 10.0 Å². The summed E-state index contributed by atoms with van der Waals surface area (Å²) in [5.41, 5.74) is 0. The zero-order chi connectivity index (χ0) is 12.7. The fraction of sp³-hybridized carbons (Fsp3) is 0.364. The van der Waals surface area contributed by atoms with Gasteiger partial charge < -0.3 is 10.4 Å². The van der Waals surface area contributed by atoms with Crippen LogP contribution in [0, 0.1) is 0 Å². The molecule has 6 heteroatoms. The second-order valence-electron chi connectivity index (χ2n) is 3.32. The summed E-state index contributed by atoms with van der Waals surface area (Å²) in [7, 11) is 0. The highest BCUT2D eigenvalue weighted by atomic mass is 35.5. The molecule has 0 aliphatic carbocycles. The van der Waals surface area contributed by atoms with Gasteiger partial charge in [-0.25, -0.2) is 0 Å². The van der Waals surface area contributed by atoms with Gasteiger partial charge >= 0.3 is 5.97 Å². The first-order chi connectivity index (χ1) is 8.09. The molecule has 0 spiro atoms. The Morgan fingerprint density at radius 2 is 2.12 bits per heavy atom. The summed E-state index contributed by atoms with van der Waals surface area (Å²) in [6.07, 6.45) is 0.141. The molecule has 0 heterocycles. The maximum atomic E-state index is 10.3. The quantitative estimate of drug-likeness (QED) is 0.599. The van der Waals surface area contributed by atoms with Gasteiger partial charge in [0.15, 0.2) is 0 Å². The standard InChI is InChI=1S/C11H13Cl2NO2S/c12-8-1-2-9(13)10(7-8)17-6-5-14-4-3-11(15)16/h1-2,7,14H,3-6H2,(H,15,16). The fourth-order valence-electron chi connectivity index (χ4n) is 1.14. The molecule has 1 aromatic carbocycles. The van der Waals surface area contributed by atoms with Gasteiger partial charge in [0.2, 0.25) is 0 Å². The number of carboxylic acids is 1. The molecule has 2 N–H and O–H groups in total. The second kappa shape index (κ2) is 7.82. The Labute approximate surface area is 114 Å². The highest BCUT2D eigenvalue weighted by Gasteiger charge is 2.02. The minimum atomic E-state index is -0.789. The molecule has 17 heavy (non-hydrogen) atoms. The summed E-state index contributed by atoms with van der Waals surface area (Å²) in [4.78, 5) is 11.2. The van der Waals surface area contributed by atoms with E-state index in [0.29, 0.717) is 16.6 Å². The van der Waals surface area contributed by atoms with Crippen LogP contribution in [0.15, 0.2) is 23.1 Å². The Bertz CT molecular complexity index is 388. The smallest absolute Gasteiger partial charge is 0.304 e. The van der Waals surface area contributed by atoms with Crippen molar-refractivity contribution in [2.45, 2.75) is 11.3 Å². The molecule has 1 aromatic rings. The van der Waals surface area contributed by atoms with Gasteiger partial charge in [0.05, 0.1) is 11.4 Å². The number of carbonyl (C=O) groups is 1. The van der Waals surface area contributed by atoms with Gasteiger partial charge in [-0.1, -0.05) is 23.2 Å². The van der Waals surface area contributed by atoms with E-state index in [4.69, 9.17) is 28.3 Å². The molecule has 94 valence electrons. The second-order valence-corrected chi connectivity index (χ2v) is 5.30. The van der Waals surface area contributed by atoms with Crippen molar-refractivity contribution >= 4 is 40.9 Å². The van der Waals surface area contributed by atoms with Crippen LogP contribution in [0.4, 0.5) is 0 Å². The summed E-state index contributed by atoms with van der Waals surface area (Å²) < 4.78 is 0. The lowest BCUT2D eigenvalue weighted by molar-refractivity contribution is -0.136. The van der Waals surface area contributed by atoms with Crippen molar-refractivity contribution in [1.29, 1.82) is 0 Å². The monoisotopic (exact) mass is 293 g/mol. The molecule has 0 atom stereocenters. The predicted molar refractivity (Wildman–Crippen MR) is 72.3 cm³/mol. The molecule has 0 aromatic heterocycles. The lowest BCUT2D eigenvalue weighted by atomic mass is 10.4. The average Bonchev–Trinajstić information content (AvgIpc) is 2.27. The highest BCUT2D eigenvalue weighted by molar-refractivity contribution is 7.99. The molecule has 0 saturated carbocycles. The first kappa shape index (κ1) is 14.6. The summed E-state index contributed by atoms with van der Waals surface area (Å²) in [6.45, 7) is 1.22. The molecule has 0 radical (unpaired) electrons. The largest absolute Gasteiger partial charge is 0.481 e. The molecule has 0 aliphatic rings. The molecule has 0 aliphatic heterocycles. The van der Waals surface area contributed by atoms with Gasteiger partial charge in [-0.05, 0) is 18.2 Å². The van der Waals surface area contributed by atoms with E-state index in [1.807, 2.05) is 6.07 Å². The average molecular weight is 294 g/mol. The molecule has 0 amide bonds. The van der Waals surface area contributed by atoms with E-state index in [9.17, 15) is 4.79 Å². The van der Waals surface area contributed by atoms with Crippen LogP contribution < -0.4 is 5.32 Å². The number of thioether (sulfide) groups is 1. The van der Waals surface area contributed by atoms with Crippen molar-refractivity contribution in [1.82, 2.24) is 5.32 Å². The predicted octanol–water partition coefficient (Wildman–Crippen LogP) is 3.15. The number of hydrogen-bond donors (Lipinski definition) is 2. The van der Waals surface area contributed by atoms with Gasteiger partial charge in [0.1, 0.15) is 0 Å². The van der Waals surface area contributed by atoms with Gasteiger partial charge in [0, 0.05) is 28.8 Å². The van der Waals surface area contributed by atoms with Crippen LogP contribution in [0.25, 0.3) is 0 Å². The van der Waals surface area contributed by atoms with Gasteiger partial charge in [0.25, 0.3) is 0 Å². The molecular weight excluding hydrogens is 281 g/mol. The molecule has 0 fully saturated rings. The Hall–Kier alpha value is -0.420. The fourth-order valence-corrected chi connectivity index (χ4v) is 2.54. The van der Waals surface area contributed by atoms with Crippen LogP contribution in [-0.2, 0) is 4.79 Å². The first-order valence-corrected chi connectivity index (χ1v) is 6.84. The van der Waals surface area contributed by atoms with Crippen molar-refractivity contribution in [2.75, 3.05) is 18.8 Å². The third kappa shape index (κ3) is 6.17. The topological polar surface area (TPSA) is 49.3 Å². The third-order valence-corrected chi connectivity index (χ3v) is 3.68. The summed E-state index contributed by atoms with van der Waals surface area (Å²) in [6, 6.07) is 5.34. The van der Waals surface area contributed by atoms with Crippen molar-refractivity contribution in [3.8, 4) is 0 Å². The van der Waals surface area contributed by atoms with Gasteiger partial charge in [-0.2, -0.15) is 0 Å². The van der Waals surface area contributed by atoms with Crippen molar-refractivity contribution in [2.24, 2.45) is 0 Å². The number of halogens is 2. The van der Waals surface area contributed by atoms with E-state index in [1.54, 1.807) is 23.9 Å². The third-order valence-electron chi connectivity index (χ3n) is 1.95. The summed E-state index contributed by atoms with van der Waals surface area (Å²) in [5.74, 6) is 0.0303. The van der Waals surface area contributed by atoms with Gasteiger partial charge in [-0.3, -0.25) is 4.79 Å². The van der Waals surface area contributed by atoms with E-state index in [1.165, 1.54) is 0 Å². The Kier molecular flexibility index (Phi) is 6.73. The lowest BCUT2D eigenvalue weighted by Crippen LogP contribution is -2.20. The van der Waals surface area contributed by atoms with Crippen LogP contribution in [-0.4, -0.2) is 29.9 Å². The minimum Gasteiger partial charge on any atom is -0.481 e. The van der Waals surface area contributed by atoms with E-state index in [2.05, 4.69) is 5.32 Å². The van der Waals surface area contributed by atoms with Crippen molar-refractivity contribution < 1.29 is 9.90 Å². The number of carboxylic acid groups (broad SMARTS) is 1. The van der Waals surface area contributed by atoms with E-state index < -0.39 is 5.97 Å². The van der Waals surface area contributed by atoms with Crippen LogP contribution in [0.3, 0.4) is 0 Å². The SMILES string of the molecule is O=C(O)CCNCCSc1cc(Cl)ccc1Cl. The van der Waals surface area contributed by atoms with Crippen LogP contribution in [0.1, 0.15) is 6.42 Å². The van der Waals surface area contributed by atoms with E-state index >= 15 is 0 Å². The zero-order valence-electron chi connectivity index (χ0n) is 9.08. The van der Waals surface area contributed by atoms with Gasteiger partial charge in [-0.15, -0.1) is 11.8 Å². The molecule has 3 nitrogen and oxygen atoms in total. The van der Waals surface area contributed by atoms with E-state index in [0.717, 1.165) is 17.2 Å². The number of hydrogen-bond acceptors (Lipinski definition) is 3. The lowest BCUT2D eigenvalue weighted by Gasteiger charge is -2.05. The van der Waals surface area contributed by atoms with Crippen molar-refractivity contribution in [3.05, 3.63) is 28.2 Å². The molecule has 0 bridgehead atoms. The summed E-state index contributed by atoms with van der Waals surface area (Å²) in [5, 5.41) is 12.8. The van der Waals surface area contributed by atoms with Crippen LogP contribution in [0.5, 0.6) is 0 Å². The zero-order valence-corrected chi connectivity index (χ0v) is 11.4. The Balaban J connectivity index is 2.22. The molecule has 0 saturated heterocycles.